The molecule has 1 rings (SSSR count). The molecule has 1 heterocycles. The molecule has 14 heavy (non-hydrogen) atoms. The molecule has 1 amide bonds. The Morgan fingerprint density at radius 2 is 2.07 bits per heavy atom. The van der Waals surface area contributed by atoms with Gasteiger partial charge >= 0.3 is 5.97 Å². The molecule has 0 radical (unpaired) electrons. The molecule has 1 fully saturated rings. The SMILES string of the molecule is C[C@@H]1CN(C(=O)[C@@H](C)N)C[C@H]1C(=O)O. The van der Waals surface area contributed by atoms with Gasteiger partial charge in [-0.2, -0.15) is 0 Å². The molecule has 3 N–H and O–H groups in total. The van der Waals surface area contributed by atoms with Gasteiger partial charge in [-0.15, -0.1) is 0 Å². The van der Waals surface area contributed by atoms with Crippen LogP contribution in [-0.4, -0.2) is 41.0 Å². The van der Waals surface area contributed by atoms with Crippen molar-refractivity contribution in [3.8, 4) is 0 Å². The predicted molar refractivity (Wildman–Crippen MR) is 50.5 cm³/mol. The summed E-state index contributed by atoms with van der Waals surface area (Å²) in [5, 5.41) is 8.85. The number of hydrogen-bond acceptors (Lipinski definition) is 3. The fraction of sp³-hybridized carbons (Fsp3) is 0.778. The average Bonchev–Trinajstić information content (AvgIpc) is 2.45. The number of hydrogen-bond donors (Lipinski definition) is 2. The Hall–Kier alpha value is -1.10. The minimum Gasteiger partial charge on any atom is -0.481 e. The van der Waals surface area contributed by atoms with Gasteiger partial charge in [-0.05, 0) is 12.8 Å². The number of carboxylic acids is 1. The lowest BCUT2D eigenvalue weighted by Gasteiger charge is -2.17. The van der Waals surface area contributed by atoms with E-state index in [0.717, 1.165) is 0 Å². The van der Waals surface area contributed by atoms with Crippen LogP contribution in [0.1, 0.15) is 13.8 Å². The number of nitrogens with two attached hydrogens (primary N) is 1. The summed E-state index contributed by atoms with van der Waals surface area (Å²) in [6.45, 7) is 4.24. The maximum absolute atomic E-state index is 11.5. The van der Waals surface area contributed by atoms with Crippen LogP contribution in [0.15, 0.2) is 0 Å². The molecule has 1 saturated heterocycles. The van der Waals surface area contributed by atoms with Gasteiger partial charge in [0.15, 0.2) is 0 Å². The molecular weight excluding hydrogens is 184 g/mol. The third kappa shape index (κ3) is 2.04. The van der Waals surface area contributed by atoms with Crippen LogP contribution in [0, 0.1) is 11.8 Å². The van der Waals surface area contributed by atoms with Crippen molar-refractivity contribution in [2.24, 2.45) is 17.6 Å². The molecule has 0 aromatic rings. The summed E-state index contributed by atoms with van der Waals surface area (Å²) in [5.74, 6) is -1.44. The van der Waals surface area contributed by atoms with Crippen LogP contribution >= 0.6 is 0 Å². The molecule has 0 unspecified atom stereocenters. The van der Waals surface area contributed by atoms with E-state index >= 15 is 0 Å². The second kappa shape index (κ2) is 3.96. The Labute approximate surface area is 82.9 Å². The van der Waals surface area contributed by atoms with Crippen LogP contribution in [0.4, 0.5) is 0 Å². The predicted octanol–water partition coefficient (Wildman–Crippen LogP) is -0.487. The van der Waals surface area contributed by atoms with E-state index in [-0.39, 0.29) is 18.4 Å². The molecule has 5 heteroatoms. The highest BCUT2D eigenvalue weighted by Crippen LogP contribution is 2.23. The van der Waals surface area contributed by atoms with E-state index in [1.54, 1.807) is 6.92 Å². The molecule has 0 bridgehead atoms. The van der Waals surface area contributed by atoms with Crippen molar-refractivity contribution in [1.29, 1.82) is 0 Å². The maximum atomic E-state index is 11.5. The highest BCUT2D eigenvalue weighted by Gasteiger charge is 2.37. The summed E-state index contributed by atoms with van der Waals surface area (Å²) in [6.07, 6.45) is 0. The van der Waals surface area contributed by atoms with Gasteiger partial charge < -0.3 is 15.7 Å². The van der Waals surface area contributed by atoms with Crippen LogP contribution in [0.3, 0.4) is 0 Å². The van der Waals surface area contributed by atoms with Crippen molar-refractivity contribution in [1.82, 2.24) is 4.90 Å². The van der Waals surface area contributed by atoms with Crippen molar-refractivity contribution in [2.45, 2.75) is 19.9 Å². The number of carbonyl (C=O) groups is 2. The largest absolute Gasteiger partial charge is 0.481 e. The summed E-state index contributed by atoms with van der Waals surface area (Å²) < 4.78 is 0. The Balaban J connectivity index is 2.63. The summed E-state index contributed by atoms with van der Waals surface area (Å²) in [7, 11) is 0. The second-order valence-electron chi connectivity index (χ2n) is 3.95. The lowest BCUT2D eigenvalue weighted by atomic mass is 9.99. The first-order valence-corrected chi connectivity index (χ1v) is 4.70. The third-order valence-corrected chi connectivity index (χ3v) is 2.63. The minimum absolute atomic E-state index is 0.00944. The number of likely N-dealkylation sites (tertiary alicyclic amines) is 1. The standard InChI is InChI=1S/C9H16N2O3/c1-5-3-11(8(12)6(2)10)4-7(5)9(13)14/h5-7H,3-4,10H2,1-2H3,(H,13,14)/t5-,6-,7-/m1/s1. The van der Waals surface area contributed by atoms with Gasteiger partial charge in [0.2, 0.25) is 5.91 Å². The van der Waals surface area contributed by atoms with Gasteiger partial charge in [0, 0.05) is 13.1 Å². The Morgan fingerprint density at radius 1 is 1.50 bits per heavy atom. The van der Waals surface area contributed by atoms with Crippen molar-refractivity contribution in [3.63, 3.8) is 0 Å². The first-order valence-electron chi connectivity index (χ1n) is 4.70. The lowest BCUT2D eigenvalue weighted by molar-refractivity contribution is -0.142. The minimum atomic E-state index is -0.836. The van der Waals surface area contributed by atoms with E-state index in [0.29, 0.717) is 6.54 Å². The number of nitrogens with zero attached hydrogens (tertiary/aromatic N) is 1. The smallest absolute Gasteiger partial charge is 0.308 e. The molecule has 0 aliphatic carbocycles. The van der Waals surface area contributed by atoms with Crippen molar-refractivity contribution >= 4 is 11.9 Å². The zero-order chi connectivity index (χ0) is 10.9. The maximum Gasteiger partial charge on any atom is 0.308 e. The molecule has 0 aromatic carbocycles. The number of carboxylic acid groups (broad SMARTS) is 1. The van der Waals surface area contributed by atoms with Gasteiger partial charge in [-0.1, -0.05) is 6.92 Å². The van der Waals surface area contributed by atoms with Crippen molar-refractivity contribution in [2.75, 3.05) is 13.1 Å². The summed E-state index contributed by atoms with van der Waals surface area (Å²) >= 11 is 0. The van der Waals surface area contributed by atoms with E-state index in [9.17, 15) is 9.59 Å². The molecule has 5 nitrogen and oxygen atoms in total. The first kappa shape index (κ1) is 11.0. The first-order chi connectivity index (χ1) is 6.43. The third-order valence-electron chi connectivity index (χ3n) is 2.63. The van der Waals surface area contributed by atoms with Gasteiger partial charge in [0.25, 0.3) is 0 Å². The van der Waals surface area contributed by atoms with Crippen LogP contribution in [-0.2, 0) is 9.59 Å². The van der Waals surface area contributed by atoms with E-state index in [1.807, 2.05) is 6.92 Å². The number of amides is 1. The molecular formula is C9H16N2O3. The Kier molecular flexibility index (Phi) is 3.10. The quantitative estimate of drug-likeness (QED) is 0.630. The van der Waals surface area contributed by atoms with Gasteiger partial charge in [-0.3, -0.25) is 9.59 Å². The van der Waals surface area contributed by atoms with Crippen molar-refractivity contribution < 1.29 is 14.7 Å². The van der Waals surface area contributed by atoms with Crippen LogP contribution in [0.5, 0.6) is 0 Å². The molecule has 0 saturated carbocycles. The highest BCUT2D eigenvalue weighted by atomic mass is 16.4. The normalized spacial score (nSPS) is 28.9. The summed E-state index contributed by atoms with van der Waals surface area (Å²) in [5.41, 5.74) is 5.44. The van der Waals surface area contributed by atoms with E-state index in [2.05, 4.69) is 0 Å². The van der Waals surface area contributed by atoms with Gasteiger partial charge in [-0.25, -0.2) is 0 Å². The monoisotopic (exact) mass is 200 g/mol. The van der Waals surface area contributed by atoms with Crippen LogP contribution < -0.4 is 5.73 Å². The van der Waals surface area contributed by atoms with Crippen LogP contribution in [0.2, 0.25) is 0 Å². The topological polar surface area (TPSA) is 83.6 Å². The zero-order valence-electron chi connectivity index (χ0n) is 8.43. The summed E-state index contributed by atoms with van der Waals surface area (Å²) in [6, 6.07) is -0.547. The summed E-state index contributed by atoms with van der Waals surface area (Å²) in [4.78, 5) is 23.8. The van der Waals surface area contributed by atoms with Crippen LogP contribution in [0.25, 0.3) is 0 Å². The molecule has 1 aliphatic rings. The van der Waals surface area contributed by atoms with E-state index < -0.39 is 17.9 Å². The molecule has 0 aromatic heterocycles. The Bertz CT molecular complexity index is 252. The highest BCUT2D eigenvalue weighted by molar-refractivity contribution is 5.82. The lowest BCUT2D eigenvalue weighted by Crippen LogP contribution is -2.41. The van der Waals surface area contributed by atoms with Crippen molar-refractivity contribution in [3.05, 3.63) is 0 Å². The van der Waals surface area contributed by atoms with E-state index in [4.69, 9.17) is 10.8 Å². The molecule has 3 atom stereocenters. The second-order valence-corrected chi connectivity index (χ2v) is 3.95. The van der Waals surface area contributed by atoms with Gasteiger partial charge in [0.05, 0.1) is 12.0 Å². The molecule has 0 spiro atoms. The fourth-order valence-corrected chi connectivity index (χ4v) is 1.76. The average molecular weight is 200 g/mol. The van der Waals surface area contributed by atoms with E-state index in [1.165, 1.54) is 4.90 Å². The Morgan fingerprint density at radius 3 is 2.43 bits per heavy atom. The number of carbonyl (C=O) groups excluding carboxylic acids is 1. The van der Waals surface area contributed by atoms with Gasteiger partial charge in [0.1, 0.15) is 0 Å². The molecule has 1 aliphatic heterocycles. The number of aliphatic carboxylic acids is 1. The molecule has 80 valence electrons. The zero-order valence-corrected chi connectivity index (χ0v) is 8.43. The fourth-order valence-electron chi connectivity index (χ4n) is 1.76. The number of rotatable bonds is 2.